The number of ether oxygens (including phenoxy) is 1. The lowest BCUT2D eigenvalue weighted by atomic mass is 9.70. The highest BCUT2D eigenvalue weighted by Crippen LogP contribution is 2.22. The Labute approximate surface area is 218 Å². The van der Waals surface area contributed by atoms with Crippen LogP contribution in [0.2, 0.25) is 11.6 Å². The van der Waals surface area contributed by atoms with E-state index in [4.69, 9.17) is 31.3 Å². The highest BCUT2D eigenvalue weighted by atomic mass is 31.0. The summed E-state index contributed by atoms with van der Waals surface area (Å²) in [4.78, 5) is 36.2. The molecule has 0 aromatic carbocycles. The molecule has 35 heavy (non-hydrogen) atoms. The fourth-order valence-corrected chi connectivity index (χ4v) is 2.95. The van der Waals surface area contributed by atoms with Gasteiger partial charge in [-0.05, 0) is 46.0 Å². The molecular weight excluding hydrogens is 463 g/mol. The number of aliphatic hydroxyl groups excluding tert-OH is 1. The number of amides is 3. The van der Waals surface area contributed by atoms with Gasteiger partial charge in [-0.1, -0.05) is 52.2 Å². The maximum atomic E-state index is 12.8. The molecule has 8 nitrogen and oxygen atoms in total. The van der Waals surface area contributed by atoms with Crippen LogP contribution in [-0.4, -0.2) is 68.7 Å². The Hall–Kier alpha value is -1.11. The van der Waals surface area contributed by atoms with Gasteiger partial charge in [-0.25, -0.2) is 0 Å². The Balaban J connectivity index is 0. The Morgan fingerprint density at radius 1 is 1.09 bits per heavy atom. The Morgan fingerprint density at radius 2 is 1.66 bits per heavy atom. The quantitative estimate of drug-likeness (QED) is 0.144. The molecule has 0 bridgehead atoms. The number of aliphatic hydroxyl groups is 1. The number of unbranched alkanes of at least 4 members (excludes halogenated alkanes) is 1. The van der Waals surface area contributed by atoms with Crippen molar-refractivity contribution in [3.63, 3.8) is 0 Å². The molecule has 0 aliphatic carbocycles. The first-order chi connectivity index (χ1) is 15.9. The van der Waals surface area contributed by atoms with Crippen molar-refractivity contribution in [2.45, 2.75) is 116 Å². The molecular formula is C24H48B2N3O5P. The third-order valence-corrected chi connectivity index (χ3v) is 5.47. The molecule has 0 rings (SSSR count). The first-order valence-corrected chi connectivity index (χ1v) is 12.9. The summed E-state index contributed by atoms with van der Waals surface area (Å²) in [5, 5.41) is 13.2. The minimum Gasteiger partial charge on any atom is -0.396 e. The summed E-state index contributed by atoms with van der Waals surface area (Å²) in [6.07, 6.45) is 4.11. The Kier molecular flexibility index (Phi) is 17.9. The van der Waals surface area contributed by atoms with Crippen molar-refractivity contribution in [1.82, 2.24) is 10.6 Å². The van der Waals surface area contributed by atoms with Gasteiger partial charge in [-0.2, -0.15) is 0 Å². The van der Waals surface area contributed by atoms with E-state index in [1.54, 1.807) is 13.8 Å². The minimum atomic E-state index is -1.07. The SMILES string of the molecule is [B]C(C)(C)CCO.[B]CCCCC(NC(=O)CC(C)C)C(=O)NC(C)(P)CCOC(C)(C)C(N)=O. The number of primary amides is 1. The van der Waals surface area contributed by atoms with Crippen LogP contribution in [-0.2, 0) is 19.1 Å². The molecule has 5 N–H and O–H groups in total. The standard InChI is InChI=1S/C19H37BN3O4P.C5H11BO/c1-13(2)12-15(24)22-14(8-6-7-10-20)16(25)23-19(5,28)9-11-27-18(3,4)17(21)26;1-5(2,6)3-4-7/h13-14H,6-12,28H2,1-5H3,(H2,21,26)(H,22,24)(H,23,25);7H,3-4H2,1-2H3. The van der Waals surface area contributed by atoms with Gasteiger partial charge in [-0.15, -0.1) is 9.24 Å². The van der Waals surface area contributed by atoms with Gasteiger partial charge in [0.05, 0.1) is 27.6 Å². The van der Waals surface area contributed by atoms with Gasteiger partial charge in [0.1, 0.15) is 11.6 Å². The predicted octanol–water partition coefficient (Wildman–Crippen LogP) is 2.39. The molecule has 0 aromatic rings. The van der Waals surface area contributed by atoms with Crippen LogP contribution >= 0.6 is 9.24 Å². The lowest BCUT2D eigenvalue weighted by molar-refractivity contribution is -0.139. The molecule has 0 aliphatic rings. The van der Waals surface area contributed by atoms with Crippen molar-refractivity contribution in [2.75, 3.05) is 13.2 Å². The number of hydrogen-bond acceptors (Lipinski definition) is 5. The van der Waals surface area contributed by atoms with Gasteiger partial charge in [-0.3, -0.25) is 14.4 Å². The van der Waals surface area contributed by atoms with Crippen LogP contribution in [0.25, 0.3) is 0 Å². The number of carbonyl (C=O) groups excluding carboxylic acids is 3. The summed E-state index contributed by atoms with van der Waals surface area (Å²) in [6, 6.07) is -0.611. The maximum absolute atomic E-state index is 12.8. The van der Waals surface area contributed by atoms with E-state index in [1.807, 2.05) is 34.6 Å². The number of carbonyl (C=O) groups is 3. The Bertz CT molecular complexity index is 641. The first-order valence-electron chi connectivity index (χ1n) is 12.3. The second-order valence-corrected chi connectivity index (χ2v) is 12.1. The molecule has 3 amide bonds. The zero-order chi connectivity index (χ0) is 27.9. The minimum absolute atomic E-state index is 0.139. The van der Waals surface area contributed by atoms with E-state index in [0.29, 0.717) is 32.0 Å². The average Bonchev–Trinajstić information content (AvgIpc) is 2.65. The topological polar surface area (TPSA) is 131 Å². The summed E-state index contributed by atoms with van der Waals surface area (Å²) in [5.74, 6) is -0.721. The lowest BCUT2D eigenvalue weighted by Crippen LogP contribution is -2.52. The molecule has 3 atom stereocenters. The van der Waals surface area contributed by atoms with Crippen LogP contribution in [0.1, 0.15) is 87.0 Å². The second-order valence-electron chi connectivity index (χ2n) is 10.8. The van der Waals surface area contributed by atoms with Gasteiger partial charge < -0.3 is 26.2 Å². The van der Waals surface area contributed by atoms with E-state index in [0.717, 1.165) is 12.8 Å². The molecule has 11 heteroatoms. The third-order valence-electron chi connectivity index (χ3n) is 5.03. The van der Waals surface area contributed by atoms with Crippen molar-refractivity contribution in [1.29, 1.82) is 0 Å². The van der Waals surface area contributed by atoms with Crippen molar-refractivity contribution in [3.8, 4) is 0 Å². The summed E-state index contributed by atoms with van der Waals surface area (Å²) < 4.78 is 5.53. The van der Waals surface area contributed by atoms with E-state index in [9.17, 15) is 14.4 Å². The van der Waals surface area contributed by atoms with E-state index < -0.39 is 22.8 Å². The van der Waals surface area contributed by atoms with Crippen molar-refractivity contribution >= 4 is 42.7 Å². The molecule has 0 spiro atoms. The van der Waals surface area contributed by atoms with Crippen LogP contribution < -0.4 is 16.4 Å². The van der Waals surface area contributed by atoms with E-state index in [2.05, 4.69) is 19.9 Å². The molecule has 0 saturated carbocycles. The molecule has 0 aliphatic heterocycles. The van der Waals surface area contributed by atoms with Gasteiger partial charge in [0.2, 0.25) is 17.7 Å². The Morgan fingerprint density at radius 3 is 2.06 bits per heavy atom. The third kappa shape index (κ3) is 20.8. The normalized spacial score (nSPS) is 14.3. The number of hydrogen-bond donors (Lipinski definition) is 4. The molecule has 0 fully saturated rings. The fourth-order valence-electron chi connectivity index (χ4n) is 2.69. The summed E-state index contributed by atoms with van der Waals surface area (Å²) in [5.41, 5.74) is 4.22. The molecule has 0 heterocycles. The lowest BCUT2D eigenvalue weighted by Gasteiger charge is -2.30. The van der Waals surface area contributed by atoms with Crippen molar-refractivity contribution in [3.05, 3.63) is 0 Å². The molecule has 200 valence electrons. The summed E-state index contributed by atoms with van der Waals surface area (Å²) in [6.45, 7) is 13.2. The second kappa shape index (κ2) is 17.4. The molecule has 3 unspecified atom stereocenters. The molecule has 0 saturated heterocycles. The predicted molar refractivity (Wildman–Crippen MR) is 147 cm³/mol. The van der Waals surface area contributed by atoms with E-state index in [-0.39, 0.29) is 36.3 Å². The number of rotatable bonds is 16. The van der Waals surface area contributed by atoms with Crippen LogP contribution in [0, 0.1) is 5.92 Å². The molecule has 0 aromatic heterocycles. The maximum Gasteiger partial charge on any atom is 0.249 e. The van der Waals surface area contributed by atoms with E-state index >= 15 is 0 Å². The highest BCUT2D eigenvalue weighted by Gasteiger charge is 2.30. The van der Waals surface area contributed by atoms with Crippen LogP contribution in [0.15, 0.2) is 0 Å². The highest BCUT2D eigenvalue weighted by molar-refractivity contribution is 7.18. The van der Waals surface area contributed by atoms with Gasteiger partial charge in [0.15, 0.2) is 0 Å². The first kappa shape index (κ1) is 36.0. The van der Waals surface area contributed by atoms with Crippen molar-refractivity contribution in [2.24, 2.45) is 11.7 Å². The fraction of sp³-hybridized carbons (Fsp3) is 0.875. The zero-order valence-corrected chi connectivity index (χ0v) is 24.1. The number of nitrogens with two attached hydrogens (primary N) is 1. The van der Waals surface area contributed by atoms with Gasteiger partial charge in [0.25, 0.3) is 0 Å². The number of nitrogens with one attached hydrogen (secondary N) is 2. The van der Waals surface area contributed by atoms with Crippen LogP contribution in [0.3, 0.4) is 0 Å². The van der Waals surface area contributed by atoms with Crippen molar-refractivity contribution < 1.29 is 24.2 Å². The summed E-state index contributed by atoms with van der Waals surface area (Å²) >= 11 is 0. The zero-order valence-electron chi connectivity index (χ0n) is 22.9. The van der Waals surface area contributed by atoms with Crippen LogP contribution in [0.4, 0.5) is 0 Å². The average molecular weight is 511 g/mol. The van der Waals surface area contributed by atoms with E-state index in [1.165, 1.54) is 0 Å². The largest absolute Gasteiger partial charge is 0.396 e. The molecule has 4 radical (unpaired) electrons. The van der Waals surface area contributed by atoms with Crippen LogP contribution in [0.5, 0.6) is 0 Å². The summed E-state index contributed by atoms with van der Waals surface area (Å²) in [7, 11) is 13.6. The van der Waals surface area contributed by atoms with Gasteiger partial charge >= 0.3 is 0 Å². The van der Waals surface area contributed by atoms with Gasteiger partial charge in [0, 0.05) is 13.0 Å². The smallest absolute Gasteiger partial charge is 0.249 e. The monoisotopic (exact) mass is 511 g/mol.